The van der Waals surface area contributed by atoms with Crippen molar-refractivity contribution in [2.45, 2.75) is 25.9 Å². The summed E-state index contributed by atoms with van der Waals surface area (Å²) in [5, 5.41) is 9.97. The number of aromatic nitrogens is 2. The van der Waals surface area contributed by atoms with Crippen molar-refractivity contribution in [2.24, 2.45) is 5.41 Å². The molecule has 0 unspecified atom stereocenters. The van der Waals surface area contributed by atoms with E-state index in [0.717, 1.165) is 0 Å². The van der Waals surface area contributed by atoms with Crippen LogP contribution in [0.15, 0.2) is 58.5 Å². The average molecular weight is 377 g/mol. The first kappa shape index (κ1) is 18.9. The molecular formula is C21H19N3O2S. The predicted molar refractivity (Wildman–Crippen MR) is 107 cm³/mol. The molecule has 27 heavy (non-hydrogen) atoms. The van der Waals surface area contributed by atoms with E-state index in [0.29, 0.717) is 27.3 Å². The van der Waals surface area contributed by atoms with E-state index in [2.05, 4.69) is 11.1 Å². The van der Waals surface area contributed by atoms with Crippen LogP contribution in [-0.2, 0) is 4.79 Å². The molecule has 0 aliphatic heterocycles. The van der Waals surface area contributed by atoms with Gasteiger partial charge in [-0.15, -0.1) is 0 Å². The highest BCUT2D eigenvalue weighted by molar-refractivity contribution is 7.99. The van der Waals surface area contributed by atoms with Crippen molar-refractivity contribution in [3.63, 3.8) is 0 Å². The number of hydrogen-bond acceptors (Lipinski definition) is 5. The maximum atomic E-state index is 13.1. The Morgan fingerprint density at radius 1 is 1.15 bits per heavy atom. The predicted octanol–water partition coefficient (Wildman–Crippen LogP) is 3.96. The smallest absolute Gasteiger partial charge is 0.266 e. The molecule has 1 aromatic heterocycles. The third kappa shape index (κ3) is 3.93. The van der Waals surface area contributed by atoms with Crippen molar-refractivity contribution in [1.82, 2.24) is 9.55 Å². The molecule has 0 saturated heterocycles. The Labute approximate surface area is 161 Å². The largest absolute Gasteiger partial charge is 0.298 e. The molecule has 0 bridgehead atoms. The van der Waals surface area contributed by atoms with Crippen LogP contribution in [0.25, 0.3) is 16.6 Å². The summed E-state index contributed by atoms with van der Waals surface area (Å²) in [5.41, 5.74) is 1.07. The van der Waals surface area contributed by atoms with Gasteiger partial charge in [0, 0.05) is 5.41 Å². The molecule has 3 aromatic rings. The summed E-state index contributed by atoms with van der Waals surface area (Å²) in [6, 6.07) is 16.0. The molecule has 2 aromatic carbocycles. The minimum absolute atomic E-state index is 0.0845. The first-order valence-electron chi connectivity index (χ1n) is 8.49. The molecule has 5 nitrogen and oxygen atoms in total. The first-order valence-corrected chi connectivity index (χ1v) is 9.48. The standard InChI is InChI=1S/C21H19N3O2S/c1-21(2,3)18(25)13-27-20-23-17-7-5-4-6-16(17)19(26)24(20)15-10-8-14(12-22)9-11-15/h4-11H,13H2,1-3H3. The van der Waals surface area contributed by atoms with E-state index in [-0.39, 0.29) is 17.1 Å². The second kappa shape index (κ2) is 7.37. The quantitative estimate of drug-likeness (QED) is 0.508. The van der Waals surface area contributed by atoms with Gasteiger partial charge >= 0.3 is 0 Å². The monoisotopic (exact) mass is 377 g/mol. The fourth-order valence-corrected chi connectivity index (χ4v) is 3.64. The number of para-hydroxylation sites is 1. The van der Waals surface area contributed by atoms with Gasteiger partial charge < -0.3 is 0 Å². The molecule has 6 heteroatoms. The van der Waals surface area contributed by atoms with Crippen LogP contribution in [0.1, 0.15) is 26.3 Å². The highest BCUT2D eigenvalue weighted by Gasteiger charge is 2.22. The number of Topliss-reactive ketones (excluding diaryl/α,β-unsaturated/α-hetero) is 1. The Balaban J connectivity index is 2.14. The lowest BCUT2D eigenvalue weighted by atomic mass is 9.92. The number of nitriles is 1. The number of rotatable bonds is 4. The van der Waals surface area contributed by atoms with Crippen LogP contribution < -0.4 is 5.56 Å². The number of carbonyl (C=O) groups excluding carboxylic acids is 1. The van der Waals surface area contributed by atoms with Crippen molar-refractivity contribution in [3.05, 3.63) is 64.4 Å². The Kier molecular flexibility index (Phi) is 5.15. The number of benzene rings is 2. The van der Waals surface area contributed by atoms with Crippen LogP contribution in [-0.4, -0.2) is 21.1 Å². The van der Waals surface area contributed by atoms with Crippen LogP contribution in [0.5, 0.6) is 0 Å². The van der Waals surface area contributed by atoms with E-state index in [1.54, 1.807) is 42.5 Å². The topological polar surface area (TPSA) is 75.8 Å². The zero-order chi connectivity index (χ0) is 19.6. The number of hydrogen-bond donors (Lipinski definition) is 0. The second-order valence-corrected chi connectivity index (χ2v) is 8.12. The fraction of sp³-hybridized carbons (Fsp3) is 0.238. The van der Waals surface area contributed by atoms with E-state index >= 15 is 0 Å². The summed E-state index contributed by atoms with van der Waals surface area (Å²) in [6.07, 6.45) is 0. The number of ketones is 1. The molecule has 3 rings (SSSR count). The van der Waals surface area contributed by atoms with Crippen LogP contribution in [0.4, 0.5) is 0 Å². The zero-order valence-electron chi connectivity index (χ0n) is 15.4. The lowest BCUT2D eigenvalue weighted by molar-refractivity contribution is -0.123. The van der Waals surface area contributed by atoms with Crippen molar-refractivity contribution in [2.75, 3.05) is 5.75 Å². The SMILES string of the molecule is CC(C)(C)C(=O)CSc1nc2ccccc2c(=O)n1-c1ccc(C#N)cc1. The average Bonchev–Trinajstić information content (AvgIpc) is 2.65. The summed E-state index contributed by atoms with van der Waals surface area (Å²) in [7, 11) is 0. The number of carbonyl (C=O) groups is 1. The minimum atomic E-state index is -0.455. The molecule has 1 heterocycles. The lowest BCUT2D eigenvalue weighted by Crippen LogP contribution is -2.24. The summed E-state index contributed by atoms with van der Waals surface area (Å²) in [6.45, 7) is 5.62. The minimum Gasteiger partial charge on any atom is -0.298 e. The van der Waals surface area contributed by atoms with Crippen LogP contribution in [0.2, 0.25) is 0 Å². The van der Waals surface area contributed by atoms with Gasteiger partial charge in [0.05, 0.1) is 34.0 Å². The van der Waals surface area contributed by atoms with E-state index in [4.69, 9.17) is 5.26 Å². The summed E-state index contributed by atoms with van der Waals surface area (Å²) < 4.78 is 1.50. The van der Waals surface area contributed by atoms with Gasteiger partial charge in [-0.2, -0.15) is 5.26 Å². The van der Waals surface area contributed by atoms with Crippen molar-refractivity contribution < 1.29 is 4.79 Å². The van der Waals surface area contributed by atoms with Crippen LogP contribution in [0.3, 0.4) is 0 Å². The number of nitrogens with zero attached hydrogens (tertiary/aromatic N) is 3. The third-order valence-electron chi connectivity index (χ3n) is 4.17. The normalized spacial score (nSPS) is 11.3. The van der Waals surface area contributed by atoms with Crippen LogP contribution >= 0.6 is 11.8 Å². The van der Waals surface area contributed by atoms with Gasteiger partial charge in [0.2, 0.25) is 0 Å². The second-order valence-electron chi connectivity index (χ2n) is 7.17. The Morgan fingerprint density at radius 3 is 2.44 bits per heavy atom. The maximum Gasteiger partial charge on any atom is 0.266 e. The van der Waals surface area contributed by atoms with Crippen molar-refractivity contribution in [3.8, 4) is 11.8 Å². The van der Waals surface area contributed by atoms with Gasteiger partial charge in [-0.1, -0.05) is 44.7 Å². The van der Waals surface area contributed by atoms with Crippen molar-refractivity contribution in [1.29, 1.82) is 5.26 Å². The van der Waals surface area contributed by atoms with Gasteiger partial charge in [-0.3, -0.25) is 14.2 Å². The first-order chi connectivity index (χ1) is 12.8. The van der Waals surface area contributed by atoms with Crippen molar-refractivity contribution >= 4 is 28.4 Å². The van der Waals surface area contributed by atoms with Gasteiger partial charge in [0.25, 0.3) is 5.56 Å². The van der Waals surface area contributed by atoms with Crippen LogP contribution in [0, 0.1) is 16.7 Å². The molecule has 0 amide bonds. The molecule has 0 atom stereocenters. The van der Waals surface area contributed by atoms with E-state index in [1.807, 2.05) is 26.8 Å². The van der Waals surface area contributed by atoms with Gasteiger partial charge in [0.1, 0.15) is 5.78 Å². The highest BCUT2D eigenvalue weighted by atomic mass is 32.2. The third-order valence-corrected chi connectivity index (χ3v) is 5.11. The van der Waals surface area contributed by atoms with E-state index < -0.39 is 5.41 Å². The molecular weight excluding hydrogens is 358 g/mol. The molecule has 0 aliphatic rings. The number of thioether (sulfide) groups is 1. The number of fused-ring (bicyclic) bond motifs is 1. The maximum absolute atomic E-state index is 13.1. The summed E-state index contributed by atoms with van der Waals surface area (Å²) in [4.78, 5) is 30.1. The zero-order valence-corrected chi connectivity index (χ0v) is 16.2. The fourth-order valence-electron chi connectivity index (χ4n) is 2.47. The highest BCUT2D eigenvalue weighted by Crippen LogP contribution is 2.25. The van der Waals surface area contributed by atoms with E-state index in [9.17, 15) is 9.59 Å². The van der Waals surface area contributed by atoms with Gasteiger partial charge in [-0.05, 0) is 36.4 Å². The molecule has 0 saturated carbocycles. The summed E-state index contributed by atoms with van der Waals surface area (Å²) >= 11 is 1.25. The molecule has 0 N–H and O–H groups in total. The molecule has 0 fully saturated rings. The van der Waals surface area contributed by atoms with Gasteiger partial charge in [-0.25, -0.2) is 4.98 Å². The Hall–Kier alpha value is -2.91. The van der Waals surface area contributed by atoms with Gasteiger partial charge in [0.15, 0.2) is 5.16 Å². The Morgan fingerprint density at radius 2 is 1.81 bits per heavy atom. The Bertz CT molecular complexity index is 1100. The lowest BCUT2D eigenvalue weighted by Gasteiger charge is -2.17. The molecule has 0 aliphatic carbocycles. The molecule has 0 radical (unpaired) electrons. The molecule has 0 spiro atoms. The summed E-state index contributed by atoms with van der Waals surface area (Å²) in [5.74, 6) is 0.311. The van der Waals surface area contributed by atoms with E-state index in [1.165, 1.54) is 16.3 Å². The molecule has 136 valence electrons.